The SMILES string of the molecule is C=C(C)CNC(=NCC(=O)N(C)C)NC1CCN(c2ccccn2)CC1.I. The van der Waals surface area contributed by atoms with Crippen LogP contribution in [0.1, 0.15) is 19.8 Å². The van der Waals surface area contributed by atoms with Crippen molar-refractivity contribution in [2.45, 2.75) is 25.8 Å². The Balaban J connectivity index is 0.00000364. The van der Waals surface area contributed by atoms with Gasteiger partial charge in [-0.25, -0.2) is 9.98 Å². The molecule has 1 aromatic heterocycles. The van der Waals surface area contributed by atoms with Crippen molar-refractivity contribution in [1.82, 2.24) is 20.5 Å². The summed E-state index contributed by atoms with van der Waals surface area (Å²) in [5, 5.41) is 6.70. The van der Waals surface area contributed by atoms with Gasteiger partial charge in [0.1, 0.15) is 12.4 Å². The molecule has 8 heteroatoms. The highest BCUT2D eigenvalue weighted by Gasteiger charge is 2.21. The van der Waals surface area contributed by atoms with Gasteiger partial charge in [-0.2, -0.15) is 0 Å². The van der Waals surface area contributed by atoms with Crippen LogP contribution >= 0.6 is 24.0 Å². The van der Waals surface area contributed by atoms with Crippen LogP contribution in [-0.2, 0) is 4.79 Å². The van der Waals surface area contributed by atoms with Gasteiger partial charge in [0.2, 0.25) is 5.91 Å². The molecule has 0 aromatic carbocycles. The minimum Gasteiger partial charge on any atom is -0.356 e. The molecule has 2 N–H and O–H groups in total. The van der Waals surface area contributed by atoms with Crippen LogP contribution < -0.4 is 15.5 Å². The number of nitrogens with zero attached hydrogens (tertiary/aromatic N) is 4. The van der Waals surface area contributed by atoms with Crippen molar-refractivity contribution in [2.75, 3.05) is 45.2 Å². The van der Waals surface area contributed by atoms with Gasteiger partial charge in [0.15, 0.2) is 5.96 Å². The van der Waals surface area contributed by atoms with Gasteiger partial charge in [-0.05, 0) is 31.9 Å². The van der Waals surface area contributed by atoms with Crippen LogP contribution in [0.4, 0.5) is 5.82 Å². The molecule has 0 radical (unpaired) electrons. The first kappa shape index (κ1) is 23.2. The van der Waals surface area contributed by atoms with E-state index in [0.717, 1.165) is 37.3 Å². The molecule has 150 valence electrons. The average Bonchev–Trinajstić information content (AvgIpc) is 2.64. The fourth-order valence-electron chi connectivity index (χ4n) is 2.66. The zero-order valence-corrected chi connectivity index (χ0v) is 18.8. The van der Waals surface area contributed by atoms with E-state index < -0.39 is 0 Å². The predicted molar refractivity (Wildman–Crippen MR) is 122 cm³/mol. The third kappa shape index (κ3) is 8.15. The van der Waals surface area contributed by atoms with Crippen molar-refractivity contribution in [2.24, 2.45) is 4.99 Å². The summed E-state index contributed by atoms with van der Waals surface area (Å²) < 4.78 is 0. The summed E-state index contributed by atoms with van der Waals surface area (Å²) in [7, 11) is 3.47. The van der Waals surface area contributed by atoms with Crippen LogP contribution in [0.2, 0.25) is 0 Å². The van der Waals surface area contributed by atoms with Crippen molar-refractivity contribution in [3.8, 4) is 0 Å². The molecular formula is C19H31IN6O. The normalized spacial score (nSPS) is 14.9. The maximum Gasteiger partial charge on any atom is 0.243 e. The van der Waals surface area contributed by atoms with Crippen LogP contribution in [0, 0.1) is 0 Å². The number of hydrogen-bond donors (Lipinski definition) is 2. The first-order valence-corrected chi connectivity index (χ1v) is 9.01. The van der Waals surface area contributed by atoms with Crippen molar-refractivity contribution in [3.63, 3.8) is 0 Å². The highest BCUT2D eigenvalue weighted by molar-refractivity contribution is 14.0. The first-order valence-electron chi connectivity index (χ1n) is 9.01. The molecule has 1 fully saturated rings. The maximum atomic E-state index is 11.8. The maximum absolute atomic E-state index is 11.8. The lowest BCUT2D eigenvalue weighted by molar-refractivity contribution is -0.127. The molecule has 1 amide bonds. The topological polar surface area (TPSA) is 72.9 Å². The molecule has 0 unspecified atom stereocenters. The van der Waals surface area contributed by atoms with Crippen LogP contribution in [0.3, 0.4) is 0 Å². The largest absolute Gasteiger partial charge is 0.356 e. The number of aliphatic imine (C=N–C) groups is 1. The Morgan fingerprint density at radius 1 is 1.37 bits per heavy atom. The zero-order chi connectivity index (χ0) is 18.9. The molecule has 0 bridgehead atoms. The molecule has 1 saturated heterocycles. The number of aromatic nitrogens is 1. The first-order chi connectivity index (χ1) is 12.5. The van der Waals surface area contributed by atoms with Gasteiger partial charge < -0.3 is 20.4 Å². The number of likely N-dealkylation sites (N-methyl/N-ethyl adjacent to an activating group) is 1. The number of carbonyl (C=O) groups excluding carboxylic acids is 1. The Kier molecular flexibility index (Phi) is 10.1. The summed E-state index contributed by atoms with van der Waals surface area (Å²) in [4.78, 5) is 24.5. The fourth-order valence-corrected chi connectivity index (χ4v) is 2.66. The molecule has 7 nitrogen and oxygen atoms in total. The monoisotopic (exact) mass is 486 g/mol. The van der Waals surface area contributed by atoms with E-state index in [1.54, 1.807) is 19.0 Å². The van der Waals surface area contributed by atoms with Crippen molar-refractivity contribution < 1.29 is 4.79 Å². The van der Waals surface area contributed by atoms with E-state index in [0.29, 0.717) is 18.5 Å². The van der Waals surface area contributed by atoms with E-state index in [9.17, 15) is 4.79 Å². The van der Waals surface area contributed by atoms with Crippen LogP contribution in [0.5, 0.6) is 0 Å². The Labute approximate surface area is 179 Å². The summed E-state index contributed by atoms with van der Waals surface area (Å²) in [5.74, 6) is 1.67. The molecule has 27 heavy (non-hydrogen) atoms. The highest BCUT2D eigenvalue weighted by Crippen LogP contribution is 2.17. The molecule has 1 aliphatic heterocycles. The number of amides is 1. The second-order valence-corrected chi connectivity index (χ2v) is 6.86. The van der Waals surface area contributed by atoms with E-state index in [-0.39, 0.29) is 36.4 Å². The lowest BCUT2D eigenvalue weighted by atomic mass is 10.1. The van der Waals surface area contributed by atoms with Crippen molar-refractivity contribution >= 4 is 41.7 Å². The van der Waals surface area contributed by atoms with Crippen molar-refractivity contribution in [3.05, 3.63) is 36.5 Å². The van der Waals surface area contributed by atoms with E-state index in [1.165, 1.54) is 0 Å². The number of hydrogen-bond acceptors (Lipinski definition) is 4. The van der Waals surface area contributed by atoms with Gasteiger partial charge in [0.25, 0.3) is 0 Å². The standard InChI is InChI=1S/C19H30N6O.HI/c1-15(2)13-21-19(22-14-18(26)24(3)4)23-16-8-11-25(12-9-16)17-7-5-6-10-20-17;/h5-7,10,16H,1,8-9,11-14H2,2-4H3,(H2,21,22,23);1H. The Bertz CT molecular complexity index is 626. The summed E-state index contributed by atoms with van der Waals surface area (Å²) in [6, 6.07) is 6.31. The lowest BCUT2D eigenvalue weighted by Crippen LogP contribution is -2.49. The molecule has 0 spiro atoms. The third-order valence-electron chi connectivity index (χ3n) is 4.24. The molecule has 0 aliphatic carbocycles. The molecule has 0 saturated carbocycles. The minimum atomic E-state index is -0.0219. The van der Waals surface area contributed by atoms with Gasteiger partial charge >= 0.3 is 0 Å². The van der Waals surface area contributed by atoms with Gasteiger partial charge in [0.05, 0.1) is 0 Å². The fraction of sp³-hybridized carbons (Fsp3) is 0.526. The summed E-state index contributed by atoms with van der Waals surface area (Å²) in [5.41, 5.74) is 1.02. The number of pyridine rings is 1. The van der Waals surface area contributed by atoms with Crippen molar-refractivity contribution in [1.29, 1.82) is 0 Å². The molecule has 1 aromatic rings. The predicted octanol–water partition coefficient (Wildman–Crippen LogP) is 1.87. The quantitative estimate of drug-likeness (QED) is 0.278. The smallest absolute Gasteiger partial charge is 0.243 e. The summed E-state index contributed by atoms with van der Waals surface area (Å²) >= 11 is 0. The average molecular weight is 486 g/mol. The zero-order valence-electron chi connectivity index (χ0n) is 16.4. The Hall–Kier alpha value is -1.84. The number of nitrogens with one attached hydrogen (secondary N) is 2. The van der Waals surface area contributed by atoms with Gasteiger partial charge in [-0.3, -0.25) is 4.79 Å². The minimum absolute atomic E-state index is 0. The van der Waals surface area contributed by atoms with Gasteiger partial charge in [-0.1, -0.05) is 18.2 Å². The number of carbonyl (C=O) groups is 1. The van der Waals surface area contributed by atoms with Gasteiger partial charge in [-0.15, -0.1) is 24.0 Å². The van der Waals surface area contributed by atoms with E-state index >= 15 is 0 Å². The summed E-state index contributed by atoms with van der Waals surface area (Å²) in [6.45, 7) is 8.52. The van der Waals surface area contributed by atoms with Gasteiger partial charge in [0, 0.05) is 46.0 Å². The molecule has 1 aliphatic rings. The number of piperidine rings is 1. The summed E-state index contributed by atoms with van der Waals surface area (Å²) in [6.07, 6.45) is 3.81. The molecule has 2 rings (SSSR count). The highest BCUT2D eigenvalue weighted by atomic mass is 127. The number of anilines is 1. The van der Waals surface area contributed by atoms with E-state index in [2.05, 4.69) is 32.1 Å². The number of rotatable bonds is 6. The number of halogens is 1. The Morgan fingerprint density at radius 2 is 2.07 bits per heavy atom. The van der Waals surface area contributed by atoms with Crippen LogP contribution in [-0.4, -0.2) is 68.1 Å². The Morgan fingerprint density at radius 3 is 2.63 bits per heavy atom. The van der Waals surface area contributed by atoms with E-state index in [1.807, 2.05) is 31.3 Å². The molecule has 0 atom stereocenters. The third-order valence-corrected chi connectivity index (χ3v) is 4.24. The van der Waals surface area contributed by atoms with E-state index in [4.69, 9.17) is 0 Å². The molecular weight excluding hydrogens is 455 g/mol. The number of guanidine groups is 1. The van der Waals surface area contributed by atoms with Crippen LogP contribution in [0.25, 0.3) is 0 Å². The second-order valence-electron chi connectivity index (χ2n) is 6.86. The van der Waals surface area contributed by atoms with Crippen LogP contribution in [0.15, 0.2) is 41.5 Å². The second kappa shape index (κ2) is 11.8. The molecule has 2 heterocycles. The lowest BCUT2D eigenvalue weighted by Gasteiger charge is -2.33.